The molecule has 2 aliphatic heterocycles. The molecule has 1 spiro atoms. The zero-order chi connectivity index (χ0) is 17.8. The van der Waals surface area contributed by atoms with Crippen molar-refractivity contribution in [3.63, 3.8) is 0 Å². The monoisotopic (exact) mass is 335 g/mol. The lowest BCUT2D eigenvalue weighted by Gasteiger charge is -2.45. The lowest BCUT2D eigenvalue weighted by molar-refractivity contribution is -0.131. The van der Waals surface area contributed by atoms with E-state index < -0.39 is 5.72 Å². The molecule has 0 fully saturated rings. The van der Waals surface area contributed by atoms with Gasteiger partial charge in [-0.2, -0.15) is 0 Å². The van der Waals surface area contributed by atoms with Crippen LogP contribution in [0.4, 0.5) is 5.69 Å². The van der Waals surface area contributed by atoms with Crippen molar-refractivity contribution < 1.29 is 14.3 Å². The Balaban J connectivity index is 1.81. The standard InChI is InChI=1S/C21H21NO3/c1-14(23)24-16-10-9-15-11-12-21(25-19(15)13-16)20(2,3)17-7-5-6-8-18(17)22(21)4/h5-13H,1-4H3. The van der Waals surface area contributed by atoms with Gasteiger partial charge in [-0.05, 0) is 49.8 Å². The minimum Gasteiger partial charge on any atom is -0.463 e. The zero-order valence-corrected chi connectivity index (χ0v) is 14.9. The summed E-state index contributed by atoms with van der Waals surface area (Å²) in [5, 5.41) is 0. The van der Waals surface area contributed by atoms with Crippen LogP contribution < -0.4 is 14.4 Å². The van der Waals surface area contributed by atoms with Gasteiger partial charge < -0.3 is 14.4 Å². The summed E-state index contributed by atoms with van der Waals surface area (Å²) < 4.78 is 11.8. The van der Waals surface area contributed by atoms with Gasteiger partial charge in [0, 0.05) is 31.3 Å². The average molecular weight is 335 g/mol. The van der Waals surface area contributed by atoms with Gasteiger partial charge in [-0.3, -0.25) is 4.79 Å². The van der Waals surface area contributed by atoms with Crippen LogP contribution in [0.1, 0.15) is 31.9 Å². The highest BCUT2D eigenvalue weighted by Gasteiger charge is 2.57. The number of para-hydroxylation sites is 1. The van der Waals surface area contributed by atoms with E-state index in [2.05, 4.69) is 56.1 Å². The predicted molar refractivity (Wildman–Crippen MR) is 98.0 cm³/mol. The Morgan fingerprint density at radius 2 is 1.92 bits per heavy atom. The summed E-state index contributed by atoms with van der Waals surface area (Å²) in [5.74, 6) is 0.869. The second-order valence-corrected chi connectivity index (χ2v) is 7.13. The lowest BCUT2D eigenvalue weighted by Crippen LogP contribution is -2.58. The molecule has 0 saturated carbocycles. The number of fused-ring (bicyclic) bond motifs is 2. The molecule has 0 N–H and O–H groups in total. The molecule has 4 rings (SSSR count). The van der Waals surface area contributed by atoms with E-state index in [9.17, 15) is 4.79 Å². The largest absolute Gasteiger partial charge is 0.463 e. The third-order valence-electron chi connectivity index (χ3n) is 5.33. The van der Waals surface area contributed by atoms with Gasteiger partial charge >= 0.3 is 5.97 Å². The van der Waals surface area contributed by atoms with Crippen molar-refractivity contribution >= 4 is 17.7 Å². The lowest BCUT2D eigenvalue weighted by atomic mass is 9.76. The molecule has 128 valence electrons. The maximum atomic E-state index is 11.2. The summed E-state index contributed by atoms with van der Waals surface area (Å²) in [6, 6.07) is 13.9. The van der Waals surface area contributed by atoms with Crippen molar-refractivity contribution in [3.05, 3.63) is 59.7 Å². The van der Waals surface area contributed by atoms with Crippen LogP contribution in [0.15, 0.2) is 48.5 Å². The molecule has 4 heteroatoms. The van der Waals surface area contributed by atoms with Gasteiger partial charge in [0.05, 0.1) is 5.41 Å². The number of esters is 1. The van der Waals surface area contributed by atoms with Crippen LogP contribution in [0.3, 0.4) is 0 Å². The van der Waals surface area contributed by atoms with Crippen molar-refractivity contribution in [2.45, 2.75) is 31.9 Å². The van der Waals surface area contributed by atoms with E-state index in [1.54, 1.807) is 12.1 Å². The quantitative estimate of drug-likeness (QED) is 0.580. The number of hydrogen-bond acceptors (Lipinski definition) is 4. The van der Waals surface area contributed by atoms with Crippen LogP contribution in [-0.4, -0.2) is 18.7 Å². The highest BCUT2D eigenvalue weighted by Crippen LogP contribution is 2.54. The molecule has 0 aromatic heterocycles. The normalized spacial score (nSPS) is 22.3. The fourth-order valence-electron chi connectivity index (χ4n) is 3.98. The third-order valence-corrected chi connectivity index (χ3v) is 5.33. The van der Waals surface area contributed by atoms with Gasteiger partial charge in [0.2, 0.25) is 5.72 Å². The van der Waals surface area contributed by atoms with Crippen molar-refractivity contribution in [2.24, 2.45) is 0 Å². The van der Waals surface area contributed by atoms with Gasteiger partial charge in [0.1, 0.15) is 11.5 Å². The molecule has 2 heterocycles. The molecule has 1 atom stereocenters. The van der Waals surface area contributed by atoms with E-state index in [0.717, 1.165) is 11.3 Å². The van der Waals surface area contributed by atoms with Gasteiger partial charge in [0.15, 0.2) is 0 Å². The Hall–Kier alpha value is -2.75. The van der Waals surface area contributed by atoms with E-state index in [0.29, 0.717) is 11.5 Å². The molecule has 2 aliphatic rings. The number of carbonyl (C=O) groups is 1. The highest BCUT2D eigenvalue weighted by atomic mass is 16.5. The minimum atomic E-state index is -0.626. The fourth-order valence-corrected chi connectivity index (χ4v) is 3.98. The van der Waals surface area contributed by atoms with Crippen LogP contribution in [0.25, 0.3) is 6.08 Å². The number of likely N-dealkylation sites (N-methyl/N-ethyl adjacent to an activating group) is 1. The van der Waals surface area contributed by atoms with Crippen LogP contribution in [0.5, 0.6) is 11.5 Å². The maximum absolute atomic E-state index is 11.2. The molecule has 0 bridgehead atoms. The third kappa shape index (κ3) is 2.10. The molecule has 1 unspecified atom stereocenters. The summed E-state index contributed by atoms with van der Waals surface area (Å²) in [4.78, 5) is 13.4. The van der Waals surface area contributed by atoms with Crippen LogP contribution in [0, 0.1) is 0 Å². The van der Waals surface area contributed by atoms with Crippen molar-refractivity contribution in [2.75, 3.05) is 11.9 Å². The summed E-state index contributed by atoms with van der Waals surface area (Å²) in [6.45, 7) is 5.79. The van der Waals surface area contributed by atoms with Crippen LogP contribution >= 0.6 is 0 Å². The predicted octanol–water partition coefficient (Wildman–Crippen LogP) is 4.14. The Morgan fingerprint density at radius 3 is 2.64 bits per heavy atom. The van der Waals surface area contributed by atoms with Crippen LogP contribution in [0.2, 0.25) is 0 Å². The summed E-state index contributed by atoms with van der Waals surface area (Å²) in [6.07, 6.45) is 4.21. The molecule has 0 radical (unpaired) electrons. The highest BCUT2D eigenvalue weighted by molar-refractivity contribution is 5.73. The SMILES string of the molecule is CC(=O)Oc1ccc2c(c1)OC1(C=C2)N(C)c2ccccc2C1(C)C. The number of nitrogens with zero attached hydrogens (tertiary/aromatic N) is 1. The molecule has 2 aromatic carbocycles. The molecule has 0 aliphatic carbocycles. The zero-order valence-electron chi connectivity index (χ0n) is 14.9. The molecule has 2 aromatic rings. The Morgan fingerprint density at radius 1 is 1.16 bits per heavy atom. The number of benzene rings is 2. The van der Waals surface area contributed by atoms with Gasteiger partial charge in [-0.15, -0.1) is 0 Å². The van der Waals surface area contributed by atoms with Crippen molar-refractivity contribution in [1.82, 2.24) is 0 Å². The van der Waals surface area contributed by atoms with Gasteiger partial charge in [0.25, 0.3) is 0 Å². The minimum absolute atomic E-state index is 0.246. The number of ether oxygens (including phenoxy) is 2. The number of anilines is 1. The Kier molecular flexibility index (Phi) is 3.23. The first-order chi connectivity index (χ1) is 11.8. The van der Waals surface area contributed by atoms with E-state index >= 15 is 0 Å². The first-order valence-electron chi connectivity index (χ1n) is 8.39. The molecule has 4 nitrogen and oxygen atoms in total. The van der Waals surface area contributed by atoms with E-state index in [1.807, 2.05) is 12.1 Å². The number of hydrogen-bond donors (Lipinski definition) is 0. The van der Waals surface area contributed by atoms with Crippen LogP contribution in [-0.2, 0) is 10.2 Å². The second-order valence-electron chi connectivity index (χ2n) is 7.13. The van der Waals surface area contributed by atoms with Gasteiger partial charge in [-0.25, -0.2) is 0 Å². The number of carbonyl (C=O) groups excluding carboxylic acids is 1. The summed E-state index contributed by atoms with van der Waals surface area (Å²) in [5.41, 5.74) is 2.52. The summed E-state index contributed by atoms with van der Waals surface area (Å²) >= 11 is 0. The van der Waals surface area contributed by atoms with E-state index in [1.165, 1.54) is 12.5 Å². The summed E-state index contributed by atoms with van der Waals surface area (Å²) in [7, 11) is 2.05. The molecular weight excluding hydrogens is 314 g/mol. The second kappa shape index (κ2) is 5.12. The van der Waals surface area contributed by atoms with Crippen molar-refractivity contribution in [1.29, 1.82) is 0 Å². The van der Waals surface area contributed by atoms with Crippen molar-refractivity contribution in [3.8, 4) is 11.5 Å². The number of rotatable bonds is 1. The molecule has 0 saturated heterocycles. The first kappa shape index (κ1) is 15.8. The first-order valence-corrected chi connectivity index (χ1v) is 8.39. The molecular formula is C21H21NO3. The Bertz CT molecular complexity index is 900. The van der Waals surface area contributed by atoms with E-state index in [-0.39, 0.29) is 11.4 Å². The average Bonchev–Trinajstić information content (AvgIpc) is 2.74. The fraction of sp³-hybridized carbons (Fsp3) is 0.286. The molecule has 0 amide bonds. The Labute approximate surface area is 147 Å². The maximum Gasteiger partial charge on any atom is 0.308 e. The van der Waals surface area contributed by atoms with Gasteiger partial charge in [-0.1, -0.05) is 18.2 Å². The van der Waals surface area contributed by atoms with E-state index in [4.69, 9.17) is 9.47 Å². The smallest absolute Gasteiger partial charge is 0.308 e. The topological polar surface area (TPSA) is 38.8 Å². The molecule has 25 heavy (non-hydrogen) atoms.